The zero-order chi connectivity index (χ0) is 14.0. The van der Waals surface area contributed by atoms with Gasteiger partial charge in [-0.25, -0.2) is 0 Å². The maximum atomic E-state index is 6.31. The van der Waals surface area contributed by atoms with Gasteiger partial charge in [0.05, 0.1) is 0 Å². The van der Waals surface area contributed by atoms with Gasteiger partial charge in [0.25, 0.3) is 0 Å². The van der Waals surface area contributed by atoms with Crippen molar-refractivity contribution in [3.8, 4) is 0 Å². The summed E-state index contributed by atoms with van der Waals surface area (Å²) in [6.45, 7) is 2.84. The quantitative estimate of drug-likeness (QED) is 0.926. The van der Waals surface area contributed by atoms with Crippen LogP contribution in [0.1, 0.15) is 24.5 Å². The SMILES string of the molecule is CC(N)C1CCOC1(c1ccccc1)c1ccccc1. The van der Waals surface area contributed by atoms with Crippen molar-refractivity contribution in [2.75, 3.05) is 6.61 Å². The van der Waals surface area contributed by atoms with Gasteiger partial charge in [0.2, 0.25) is 0 Å². The lowest BCUT2D eigenvalue weighted by Crippen LogP contribution is -2.42. The van der Waals surface area contributed by atoms with E-state index in [1.165, 1.54) is 11.1 Å². The number of rotatable bonds is 3. The highest BCUT2D eigenvalue weighted by Gasteiger charge is 2.48. The predicted molar refractivity (Wildman–Crippen MR) is 81.4 cm³/mol. The van der Waals surface area contributed by atoms with Crippen LogP contribution in [0.15, 0.2) is 60.7 Å². The summed E-state index contributed by atoms with van der Waals surface area (Å²) in [7, 11) is 0. The van der Waals surface area contributed by atoms with Crippen LogP contribution in [-0.4, -0.2) is 12.6 Å². The van der Waals surface area contributed by atoms with E-state index in [9.17, 15) is 0 Å². The number of hydrogen-bond donors (Lipinski definition) is 1. The van der Waals surface area contributed by atoms with Crippen molar-refractivity contribution in [3.63, 3.8) is 0 Å². The second-order valence-electron chi connectivity index (χ2n) is 5.57. The summed E-state index contributed by atoms with van der Waals surface area (Å²) in [6.07, 6.45) is 1.00. The molecule has 0 bridgehead atoms. The number of nitrogens with two attached hydrogens (primary N) is 1. The lowest BCUT2D eigenvalue weighted by Gasteiger charge is -2.37. The molecule has 2 aromatic rings. The number of hydrogen-bond acceptors (Lipinski definition) is 2. The van der Waals surface area contributed by atoms with Crippen LogP contribution < -0.4 is 5.73 Å². The Kier molecular flexibility index (Phi) is 3.60. The van der Waals surface area contributed by atoms with E-state index < -0.39 is 5.60 Å². The van der Waals surface area contributed by atoms with Crippen molar-refractivity contribution in [2.24, 2.45) is 11.7 Å². The average molecular weight is 267 g/mol. The molecule has 2 nitrogen and oxygen atoms in total. The Hall–Kier alpha value is -1.64. The summed E-state index contributed by atoms with van der Waals surface area (Å²) in [4.78, 5) is 0. The van der Waals surface area contributed by atoms with E-state index in [0.717, 1.165) is 13.0 Å². The lowest BCUT2D eigenvalue weighted by molar-refractivity contribution is 0.00525. The van der Waals surface area contributed by atoms with Crippen LogP contribution in [0, 0.1) is 5.92 Å². The third-order valence-electron chi connectivity index (χ3n) is 4.32. The highest BCUT2D eigenvalue weighted by molar-refractivity contribution is 5.39. The van der Waals surface area contributed by atoms with E-state index in [0.29, 0.717) is 5.92 Å². The molecular formula is C18H21NO. The Morgan fingerprint density at radius 2 is 1.50 bits per heavy atom. The van der Waals surface area contributed by atoms with Crippen LogP contribution in [0.4, 0.5) is 0 Å². The summed E-state index contributed by atoms with van der Waals surface area (Å²) in [6, 6.07) is 21.0. The molecule has 1 fully saturated rings. The van der Waals surface area contributed by atoms with Gasteiger partial charge in [0.1, 0.15) is 5.60 Å². The molecule has 2 N–H and O–H groups in total. The second-order valence-corrected chi connectivity index (χ2v) is 5.57. The van der Waals surface area contributed by atoms with Gasteiger partial charge in [-0.1, -0.05) is 60.7 Å². The minimum Gasteiger partial charge on any atom is -0.365 e. The van der Waals surface area contributed by atoms with E-state index in [4.69, 9.17) is 10.5 Å². The monoisotopic (exact) mass is 267 g/mol. The molecule has 2 aromatic carbocycles. The topological polar surface area (TPSA) is 35.2 Å². The standard InChI is InChI=1S/C18H21NO/c1-14(19)17-12-13-20-18(17,15-8-4-2-5-9-15)16-10-6-3-7-11-16/h2-11,14,17H,12-13,19H2,1H3. The van der Waals surface area contributed by atoms with Crippen LogP contribution in [0.25, 0.3) is 0 Å². The van der Waals surface area contributed by atoms with Gasteiger partial charge < -0.3 is 10.5 Å². The molecule has 0 saturated carbocycles. The fourth-order valence-corrected chi connectivity index (χ4v) is 3.42. The van der Waals surface area contributed by atoms with E-state index >= 15 is 0 Å². The molecule has 20 heavy (non-hydrogen) atoms. The first-order chi connectivity index (χ1) is 9.75. The Bertz CT molecular complexity index is 511. The zero-order valence-electron chi connectivity index (χ0n) is 11.8. The fraction of sp³-hybridized carbons (Fsp3) is 0.333. The molecule has 2 heteroatoms. The van der Waals surface area contributed by atoms with Crippen molar-refractivity contribution in [2.45, 2.75) is 25.0 Å². The minimum absolute atomic E-state index is 0.0953. The first-order valence-electron chi connectivity index (χ1n) is 7.26. The van der Waals surface area contributed by atoms with Gasteiger partial charge in [0.15, 0.2) is 0 Å². The molecule has 2 unspecified atom stereocenters. The number of ether oxygens (including phenoxy) is 1. The first kappa shape index (κ1) is 13.3. The molecule has 2 atom stereocenters. The molecule has 0 radical (unpaired) electrons. The first-order valence-corrected chi connectivity index (χ1v) is 7.26. The molecule has 0 spiro atoms. The highest BCUT2D eigenvalue weighted by atomic mass is 16.5. The maximum absolute atomic E-state index is 6.31. The molecule has 1 heterocycles. The number of benzene rings is 2. The Labute approximate surface area is 120 Å². The molecule has 0 amide bonds. The highest BCUT2D eigenvalue weighted by Crippen LogP contribution is 2.47. The predicted octanol–water partition coefficient (Wildman–Crippen LogP) is 3.31. The van der Waals surface area contributed by atoms with Gasteiger partial charge in [-0.2, -0.15) is 0 Å². The van der Waals surface area contributed by atoms with Crippen LogP contribution in [-0.2, 0) is 10.3 Å². The van der Waals surface area contributed by atoms with E-state index in [1.807, 2.05) is 12.1 Å². The normalized spacial score (nSPS) is 22.6. The average Bonchev–Trinajstić information content (AvgIpc) is 2.95. The molecule has 1 aliphatic rings. The summed E-state index contributed by atoms with van der Waals surface area (Å²) < 4.78 is 6.31. The van der Waals surface area contributed by atoms with Gasteiger partial charge in [-0.15, -0.1) is 0 Å². The summed E-state index contributed by atoms with van der Waals surface area (Å²) >= 11 is 0. The van der Waals surface area contributed by atoms with E-state index in [2.05, 4.69) is 55.5 Å². The third-order valence-corrected chi connectivity index (χ3v) is 4.32. The molecule has 1 saturated heterocycles. The van der Waals surface area contributed by atoms with Crippen LogP contribution >= 0.6 is 0 Å². The Balaban J connectivity index is 2.18. The van der Waals surface area contributed by atoms with Crippen molar-refractivity contribution in [1.29, 1.82) is 0 Å². The maximum Gasteiger partial charge on any atom is 0.122 e. The second kappa shape index (κ2) is 5.39. The third kappa shape index (κ3) is 2.05. The van der Waals surface area contributed by atoms with Crippen LogP contribution in [0.2, 0.25) is 0 Å². The van der Waals surface area contributed by atoms with Crippen molar-refractivity contribution >= 4 is 0 Å². The van der Waals surface area contributed by atoms with Crippen LogP contribution in [0.5, 0.6) is 0 Å². The summed E-state index contributed by atoms with van der Waals surface area (Å²) in [5.41, 5.74) is 8.26. The lowest BCUT2D eigenvalue weighted by atomic mass is 9.73. The molecule has 104 valence electrons. The summed E-state index contributed by atoms with van der Waals surface area (Å²) in [5.74, 6) is 0.298. The summed E-state index contributed by atoms with van der Waals surface area (Å²) in [5, 5.41) is 0. The van der Waals surface area contributed by atoms with E-state index in [1.54, 1.807) is 0 Å². The molecule has 1 aliphatic heterocycles. The van der Waals surface area contributed by atoms with Crippen molar-refractivity contribution in [1.82, 2.24) is 0 Å². The minimum atomic E-state index is -0.406. The smallest absolute Gasteiger partial charge is 0.122 e. The Morgan fingerprint density at radius 3 is 1.95 bits per heavy atom. The van der Waals surface area contributed by atoms with Crippen LogP contribution in [0.3, 0.4) is 0 Å². The Morgan fingerprint density at radius 1 is 1.00 bits per heavy atom. The van der Waals surface area contributed by atoms with Gasteiger partial charge >= 0.3 is 0 Å². The van der Waals surface area contributed by atoms with Gasteiger partial charge in [0, 0.05) is 18.6 Å². The molecular weight excluding hydrogens is 246 g/mol. The fourth-order valence-electron chi connectivity index (χ4n) is 3.42. The molecule has 0 aromatic heterocycles. The largest absolute Gasteiger partial charge is 0.365 e. The van der Waals surface area contributed by atoms with Gasteiger partial charge in [-0.3, -0.25) is 0 Å². The van der Waals surface area contributed by atoms with E-state index in [-0.39, 0.29) is 6.04 Å². The zero-order valence-corrected chi connectivity index (χ0v) is 11.8. The molecule has 3 rings (SSSR count). The van der Waals surface area contributed by atoms with Gasteiger partial charge in [-0.05, 0) is 24.5 Å². The van der Waals surface area contributed by atoms with Crippen molar-refractivity contribution < 1.29 is 4.74 Å². The molecule has 0 aliphatic carbocycles. The van der Waals surface area contributed by atoms with Crippen molar-refractivity contribution in [3.05, 3.63) is 71.8 Å².